The molecule has 0 N–H and O–H groups in total. The lowest BCUT2D eigenvalue weighted by Gasteiger charge is -2.22. The highest BCUT2D eigenvalue weighted by Gasteiger charge is 2.15. The third kappa shape index (κ3) is 0.982. The number of rotatable bonds is 0. The van der Waals surface area contributed by atoms with Crippen LogP contribution in [-0.2, 0) is 6.54 Å². The Kier molecular flexibility index (Phi) is 1.34. The van der Waals surface area contributed by atoms with Gasteiger partial charge in [-0.1, -0.05) is 0 Å². The average Bonchev–Trinajstić information content (AvgIpc) is 2.31. The molecule has 0 unspecified atom stereocenters. The molecule has 1 aromatic rings. The molecule has 1 aliphatic heterocycles. The Hall–Kier alpha value is -1.06. The fourth-order valence-corrected chi connectivity index (χ4v) is 1.43. The first-order valence-electron chi connectivity index (χ1n) is 3.90. The minimum Gasteiger partial charge on any atom is -0.344 e. The van der Waals surface area contributed by atoms with Crippen LogP contribution in [0.1, 0.15) is 12.2 Å². The number of aromatic nitrogens is 3. The molecule has 0 aromatic carbocycles. The van der Waals surface area contributed by atoms with E-state index < -0.39 is 0 Å². The van der Waals surface area contributed by atoms with Gasteiger partial charge >= 0.3 is 0 Å². The van der Waals surface area contributed by atoms with Crippen molar-refractivity contribution in [1.82, 2.24) is 14.8 Å². The van der Waals surface area contributed by atoms with Crippen LogP contribution in [0.25, 0.3) is 0 Å². The highest BCUT2D eigenvalue weighted by Crippen LogP contribution is 2.15. The van der Waals surface area contributed by atoms with Crippen LogP contribution in [0.2, 0.25) is 0 Å². The van der Waals surface area contributed by atoms with E-state index in [1.165, 1.54) is 6.42 Å². The second-order valence-electron chi connectivity index (χ2n) is 2.96. The highest BCUT2D eigenvalue weighted by atomic mass is 15.4. The largest absolute Gasteiger partial charge is 0.344 e. The van der Waals surface area contributed by atoms with Crippen LogP contribution >= 0.6 is 0 Å². The third-order valence-corrected chi connectivity index (χ3v) is 1.96. The van der Waals surface area contributed by atoms with E-state index in [4.69, 9.17) is 0 Å². The Labute approximate surface area is 65.8 Å². The summed E-state index contributed by atoms with van der Waals surface area (Å²) >= 11 is 0. The van der Waals surface area contributed by atoms with Gasteiger partial charge < -0.3 is 4.90 Å². The topological polar surface area (TPSA) is 34.0 Å². The van der Waals surface area contributed by atoms with Crippen molar-refractivity contribution in [3.05, 3.63) is 5.82 Å². The van der Waals surface area contributed by atoms with E-state index in [1.54, 1.807) is 0 Å². The molecule has 2 heterocycles. The number of hydrogen-bond acceptors (Lipinski definition) is 3. The number of hydrogen-bond donors (Lipinski definition) is 0. The third-order valence-electron chi connectivity index (χ3n) is 1.96. The second-order valence-corrected chi connectivity index (χ2v) is 2.96. The van der Waals surface area contributed by atoms with Crippen LogP contribution in [0.15, 0.2) is 0 Å². The molecule has 4 nitrogen and oxygen atoms in total. The maximum Gasteiger partial charge on any atom is 0.223 e. The Morgan fingerprint density at radius 2 is 2.18 bits per heavy atom. The molecule has 0 amide bonds. The van der Waals surface area contributed by atoms with Crippen molar-refractivity contribution in [2.45, 2.75) is 19.9 Å². The summed E-state index contributed by atoms with van der Waals surface area (Å²) in [6, 6.07) is 0. The second kappa shape index (κ2) is 2.22. The van der Waals surface area contributed by atoms with E-state index in [9.17, 15) is 0 Å². The first-order chi connectivity index (χ1) is 5.27. The fourth-order valence-electron chi connectivity index (χ4n) is 1.43. The summed E-state index contributed by atoms with van der Waals surface area (Å²) in [7, 11) is 2.05. The summed E-state index contributed by atoms with van der Waals surface area (Å²) < 4.78 is 1.97. The van der Waals surface area contributed by atoms with Crippen molar-refractivity contribution in [3.63, 3.8) is 0 Å². The van der Waals surface area contributed by atoms with Crippen LogP contribution in [0.5, 0.6) is 0 Å². The molecule has 0 fully saturated rings. The van der Waals surface area contributed by atoms with Gasteiger partial charge in [0.2, 0.25) is 5.95 Å². The molecular formula is C7H12N4. The molecule has 0 radical (unpaired) electrons. The number of nitrogens with zero attached hydrogens (tertiary/aromatic N) is 4. The molecule has 1 aliphatic rings. The van der Waals surface area contributed by atoms with Crippen molar-refractivity contribution in [2.75, 3.05) is 18.5 Å². The molecular weight excluding hydrogens is 140 g/mol. The first kappa shape index (κ1) is 6.64. The molecule has 0 saturated heterocycles. The molecule has 0 aliphatic carbocycles. The lowest BCUT2D eigenvalue weighted by Crippen LogP contribution is -2.28. The Morgan fingerprint density at radius 3 is 2.91 bits per heavy atom. The van der Waals surface area contributed by atoms with Crippen LogP contribution in [0, 0.1) is 6.92 Å². The maximum atomic E-state index is 4.31. The zero-order valence-electron chi connectivity index (χ0n) is 6.91. The standard InChI is InChI=1S/C7H12N4/c1-6-8-7-10(2)4-3-5-11(7)9-6/h3-5H2,1-2H3. The minimum atomic E-state index is 0.869. The highest BCUT2D eigenvalue weighted by molar-refractivity contribution is 5.30. The molecule has 4 heteroatoms. The van der Waals surface area contributed by atoms with Crippen molar-refractivity contribution in [1.29, 1.82) is 0 Å². The monoisotopic (exact) mass is 152 g/mol. The summed E-state index contributed by atoms with van der Waals surface area (Å²) in [6.45, 7) is 4.04. The van der Waals surface area contributed by atoms with Gasteiger partial charge in [0.25, 0.3) is 0 Å². The van der Waals surface area contributed by atoms with Crippen molar-refractivity contribution in [2.24, 2.45) is 0 Å². The van der Waals surface area contributed by atoms with E-state index in [0.717, 1.165) is 24.9 Å². The van der Waals surface area contributed by atoms with Gasteiger partial charge in [0.1, 0.15) is 5.82 Å². The summed E-state index contributed by atoms with van der Waals surface area (Å²) in [5, 5.41) is 4.27. The number of fused-ring (bicyclic) bond motifs is 1. The molecule has 1 aromatic heterocycles. The Bertz CT molecular complexity index is 265. The van der Waals surface area contributed by atoms with Crippen molar-refractivity contribution < 1.29 is 0 Å². The van der Waals surface area contributed by atoms with Gasteiger partial charge in [0.15, 0.2) is 0 Å². The van der Waals surface area contributed by atoms with Crippen LogP contribution in [-0.4, -0.2) is 28.4 Å². The van der Waals surface area contributed by atoms with Gasteiger partial charge in [-0.3, -0.25) is 0 Å². The maximum absolute atomic E-state index is 4.31. The Balaban J connectivity index is 2.43. The van der Waals surface area contributed by atoms with Gasteiger partial charge in [0.05, 0.1) is 0 Å². The van der Waals surface area contributed by atoms with Crippen molar-refractivity contribution >= 4 is 5.95 Å². The summed E-state index contributed by atoms with van der Waals surface area (Å²) in [5.74, 6) is 1.88. The predicted molar refractivity (Wildman–Crippen MR) is 42.6 cm³/mol. The summed E-state index contributed by atoms with van der Waals surface area (Å²) in [4.78, 5) is 6.45. The van der Waals surface area contributed by atoms with Crippen molar-refractivity contribution in [3.8, 4) is 0 Å². The number of aryl methyl sites for hydroxylation is 2. The van der Waals surface area contributed by atoms with Crippen LogP contribution < -0.4 is 4.90 Å². The molecule has 2 rings (SSSR count). The van der Waals surface area contributed by atoms with E-state index in [-0.39, 0.29) is 0 Å². The van der Waals surface area contributed by atoms with E-state index in [2.05, 4.69) is 22.0 Å². The molecule has 60 valence electrons. The molecule has 11 heavy (non-hydrogen) atoms. The molecule has 0 spiro atoms. The SMILES string of the molecule is Cc1nc2n(n1)CCCN2C. The average molecular weight is 152 g/mol. The van der Waals surface area contributed by atoms with Gasteiger partial charge in [0, 0.05) is 20.1 Å². The quantitative estimate of drug-likeness (QED) is 0.540. The summed E-state index contributed by atoms with van der Waals surface area (Å²) in [6.07, 6.45) is 1.17. The summed E-state index contributed by atoms with van der Waals surface area (Å²) in [5.41, 5.74) is 0. The smallest absolute Gasteiger partial charge is 0.223 e. The van der Waals surface area contributed by atoms with E-state index >= 15 is 0 Å². The van der Waals surface area contributed by atoms with Gasteiger partial charge in [-0.05, 0) is 13.3 Å². The molecule has 0 saturated carbocycles. The minimum absolute atomic E-state index is 0.869. The Morgan fingerprint density at radius 1 is 1.36 bits per heavy atom. The van der Waals surface area contributed by atoms with Gasteiger partial charge in [-0.25, -0.2) is 4.68 Å². The van der Waals surface area contributed by atoms with Gasteiger partial charge in [-0.15, -0.1) is 0 Å². The zero-order valence-corrected chi connectivity index (χ0v) is 6.91. The first-order valence-corrected chi connectivity index (χ1v) is 3.90. The molecule has 0 bridgehead atoms. The van der Waals surface area contributed by atoms with E-state index in [0.29, 0.717) is 0 Å². The lowest BCUT2D eigenvalue weighted by molar-refractivity contribution is 0.528. The zero-order chi connectivity index (χ0) is 7.84. The molecule has 0 atom stereocenters. The lowest BCUT2D eigenvalue weighted by atomic mass is 10.3. The van der Waals surface area contributed by atoms with Crippen LogP contribution in [0.3, 0.4) is 0 Å². The number of anilines is 1. The van der Waals surface area contributed by atoms with E-state index in [1.807, 2.05) is 11.6 Å². The van der Waals surface area contributed by atoms with Crippen LogP contribution in [0.4, 0.5) is 5.95 Å². The fraction of sp³-hybridized carbons (Fsp3) is 0.714. The van der Waals surface area contributed by atoms with Gasteiger partial charge in [-0.2, -0.15) is 10.1 Å². The normalized spacial score (nSPS) is 16.7. The predicted octanol–water partition coefficient (Wildman–Crippen LogP) is 0.426.